The monoisotopic (exact) mass is 369 g/mol. The van der Waals surface area contributed by atoms with Gasteiger partial charge in [-0.15, -0.1) is 0 Å². The lowest BCUT2D eigenvalue weighted by atomic mass is 10.2. The van der Waals surface area contributed by atoms with Gasteiger partial charge in [0.25, 0.3) is 11.3 Å². The Balaban J connectivity index is 2.08. The molecule has 3 rings (SSSR count). The number of hydrogen-bond acceptors (Lipinski definition) is 5. The van der Waals surface area contributed by atoms with E-state index in [0.717, 1.165) is 5.56 Å². The summed E-state index contributed by atoms with van der Waals surface area (Å²) < 4.78 is 6.67. The normalized spacial score (nSPS) is 11.0. The van der Waals surface area contributed by atoms with E-state index in [1.54, 1.807) is 21.0 Å². The lowest BCUT2D eigenvalue weighted by Gasteiger charge is -2.20. The smallest absolute Gasteiger partial charge is 0.277 e. The number of hydrogen-bond donors (Lipinski definition) is 1. The van der Waals surface area contributed by atoms with E-state index in [9.17, 15) is 9.59 Å². The zero-order chi connectivity index (χ0) is 19.6. The first-order valence-electron chi connectivity index (χ1n) is 8.84. The van der Waals surface area contributed by atoms with Gasteiger partial charge in [0, 0.05) is 23.2 Å². The van der Waals surface area contributed by atoms with Gasteiger partial charge >= 0.3 is 0 Å². The van der Waals surface area contributed by atoms with E-state index >= 15 is 0 Å². The molecule has 0 aliphatic carbocycles. The van der Waals surface area contributed by atoms with Gasteiger partial charge in [-0.1, -0.05) is 25.1 Å². The maximum absolute atomic E-state index is 12.8. The Morgan fingerprint density at radius 1 is 1.26 bits per heavy atom. The molecule has 2 heterocycles. The van der Waals surface area contributed by atoms with Crippen LogP contribution in [-0.2, 0) is 11.3 Å². The third-order valence-electron chi connectivity index (χ3n) is 4.49. The third kappa shape index (κ3) is 3.55. The topological polar surface area (TPSA) is 92.6 Å². The number of para-hydroxylation sites is 1. The van der Waals surface area contributed by atoms with Gasteiger partial charge in [0.15, 0.2) is 0 Å². The molecule has 142 valence electrons. The molecular weight excluding hydrogens is 346 g/mol. The average molecular weight is 369 g/mol. The number of nitrogens with zero attached hydrogens (tertiary/aromatic N) is 4. The van der Waals surface area contributed by atoms with Crippen molar-refractivity contribution in [3.63, 3.8) is 0 Å². The maximum atomic E-state index is 12.8. The average Bonchev–Trinajstić information content (AvgIpc) is 3.08. The molecule has 0 aliphatic rings. The Morgan fingerprint density at radius 3 is 2.70 bits per heavy atom. The molecule has 8 heteroatoms. The molecule has 0 fully saturated rings. The number of carbonyl (C=O) groups excluding carboxylic acids is 1. The summed E-state index contributed by atoms with van der Waals surface area (Å²) in [7, 11) is 1.59. The molecule has 0 radical (unpaired) electrons. The molecule has 2 aromatic heterocycles. The van der Waals surface area contributed by atoms with Crippen LogP contribution in [0.4, 0.5) is 5.95 Å². The standard InChI is InChI=1S/C19H23N5O3/c1-5-8-16(25)23(11-14-9-6-7-10-15(14)27-4)19-21-18-20-13(3)12(2)17(26)24(18)22-19/h6-7,9-10H,5,8,11H2,1-4H3,(H,20,21,22). The quantitative estimate of drug-likeness (QED) is 0.720. The molecule has 0 bridgehead atoms. The van der Waals surface area contributed by atoms with Crippen LogP contribution in [0.25, 0.3) is 5.78 Å². The van der Waals surface area contributed by atoms with Crippen molar-refractivity contribution in [3.8, 4) is 5.75 Å². The Morgan fingerprint density at radius 2 is 2.00 bits per heavy atom. The maximum Gasteiger partial charge on any atom is 0.277 e. The van der Waals surface area contributed by atoms with Crippen molar-refractivity contribution in [2.75, 3.05) is 12.0 Å². The SMILES string of the molecule is CCCC(=O)N(Cc1ccccc1OC)c1nc2nc(C)c(C)c(=O)n2[nH]1. The molecule has 1 aromatic carbocycles. The number of aryl methyl sites for hydroxylation is 1. The minimum atomic E-state index is -0.226. The molecule has 0 saturated carbocycles. The first kappa shape index (κ1) is 18.6. The highest BCUT2D eigenvalue weighted by atomic mass is 16.5. The number of fused-ring (bicyclic) bond motifs is 1. The molecule has 0 unspecified atom stereocenters. The zero-order valence-corrected chi connectivity index (χ0v) is 15.9. The van der Waals surface area contributed by atoms with Gasteiger partial charge in [0.2, 0.25) is 11.9 Å². The van der Waals surface area contributed by atoms with Crippen molar-refractivity contribution in [1.29, 1.82) is 0 Å². The number of ether oxygens (including phenoxy) is 1. The van der Waals surface area contributed by atoms with Gasteiger partial charge in [0.05, 0.1) is 13.7 Å². The molecule has 0 saturated heterocycles. The zero-order valence-electron chi connectivity index (χ0n) is 15.9. The van der Waals surface area contributed by atoms with E-state index in [0.29, 0.717) is 29.8 Å². The highest BCUT2D eigenvalue weighted by Gasteiger charge is 2.22. The van der Waals surface area contributed by atoms with Crippen LogP contribution in [0, 0.1) is 13.8 Å². The summed E-state index contributed by atoms with van der Waals surface area (Å²) in [5, 5.41) is 2.92. The van der Waals surface area contributed by atoms with Crippen LogP contribution in [0.5, 0.6) is 5.75 Å². The summed E-state index contributed by atoms with van der Waals surface area (Å²) in [5.41, 5.74) is 1.78. The van der Waals surface area contributed by atoms with Crippen molar-refractivity contribution < 1.29 is 9.53 Å². The van der Waals surface area contributed by atoms with E-state index < -0.39 is 0 Å². The molecule has 8 nitrogen and oxygen atoms in total. The van der Waals surface area contributed by atoms with Gasteiger partial charge in [-0.2, -0.15) is 9.50 Å². The molecule has 0 atom stereocenters. The van der Waals surface area contributed by atoms with Crippen LogP contribution in [0.1, 0.15) is 36.6 Å². The number of nitrogens with one attached hydrogen (secondary N) is 1. The Bertz CT molecular complexity index is 1040. The van der Waals surface area contributed by atoms with Gasteiger partial charge < -0.3 is 4.74 Å². The van der Waals surface area contributed by atoms with Gasteiger partial charge in [0.1, 0.15) is 5.75 Å². The summed E-state index contributed by atoms with van der Waals surface area (Å²) in [5.74, 6) is 1.12. The molecule has 0 spiro atoms. The third-order valence-corrected chi connectivity index (χ3v) is 4.49. The fourth-order valence-corrected chi connectivity index (χ4v) is 2.85. The Hall–Kier alpha value is -3.16. The largest absolute Gasteiger partial charge is 0.496 e. The second kappa shape index (κ2) is 7.61. The molecule has 0 aliphatic heterocycles. The van der Waals surface area contributed by atoms with Gasteiger partial charge in [-0.05, 0) is 26.3 Å². The Labute approximate surface area is 156 Å². The van der Waals surface area contributed by atoms with Gasteiger partial charge in [-0.3, -0.25) is 19.6 Å². The van der Waals surface area contributed by atoms with Crippen molar-refractivity contribution in [2.45, 2.75) is 40.2 Å². The second-order valence-electron chi connectivity index (χ2n) is 6.35. The molecule has 1 amide bonds. The fraction of sp³-hybridized carbons (Fsp3) is 0.368. The second-order valence-corrected chi connectivity index (χ2v) is 6.35. The van der Waals surface area contributed by atoms with E-state index in [4.69, 9.17) is 4.74 Å². The summed E-state index contributed by atoms with van der Waals surface area (Å²) in [6.45, 7) is 5.69. The summed E-state index contributed by atoms with van der Waals surface area (Å²) in [6, 6.07) is 7.50. The first-order chi connectivity index (χ1) is 13.0. The minimum absolute atomic E-state index is 0.0936. The van der Waals surface area contributed by atoms with Crippen LogP contribution in [0.3, 0.4) is 0 Å². The number of anilines is 1. The van der Waals surface area contributed by atoms with E-state index in [1.165, 1.54) is 9.42 Å². The highest BCUT2D eigenvalue weighted by molar-refractivity contribution is 5.91. The molecule has 27 heavy (non-hydrogen) atoms. The number of methoxy groups -OCH3 is 1. The van der Waals surface area contributed by atoms with E-state index in [-0.39, 0.29) is 29.7 Å². The summed E-state index contributed by atoms with van der Waals surface area (Å²) in [6.07, 6.45) is 1.07. The minimum Gasteiger partial charge on any atom is -0.496 e. The van der Waals surface area contributed by atoms with Crippen molar-refractivity contribution >= 4 is 17.6 Å². The van der Waals surface area contributed by atoms with Crippen LogP contribution in [0.15, 0.2) is 29.1 Å². The number of H-pyrrole nitrogens is 1. The van der Waals surface area contributed by atoms with Crippen LogP contribution < -0.4 is 15.2 Å². The van der Waals surface area contributed by atoms with Crippen molar-refractivity contribution in [2.24, 2.45) is 0 Å². The first-order valence-corrected chi connectivity index (χ1v) is 8.84. The van der Waals surface area contributed by atoms with Crippen LogP contribution >= 0.6 is 0 Å². The predicted octanol–water partition coefficient (Wildman–Crippen LogP) is 2.38. The molecule has 3 aromatic rings. The highest BCUT2D eigenvalue weighted by Crippen LogP contribution is 2.22. The number of aromatic nitrogens is 4. The summed E-state index contributed by atoms with van der Waals surface area (Å²) in [4.78, 5) is 35.5. The van der Waals surface area contributed by atoms with Crippen molar-refractivity contribution in [3.05, 3.63) is 51.4 Å². The Kier molecular flexibility index (Phi) is 5.25. The van der Waals surface area contributed by atoms with Crippen molar-refractivity contribution in [1.82, 2.24) is 19.6 Å². The van der Waals surface area contributed by atoms with Gasteiger partial charge in [-0.25, -0.2) is 4.98 Å². The van der Waals surface area contributed by atoms with Crippen LogP contribution in [0.2, 0.25) is 0 Å². The number of rotatable bonds is 6. The number of aromatic amines is 1. The molecular formula is C19H23N5O3. The fourth-order valence-electron chi connectivity index (χ4n) is 2.85. The number of benzene rings is 1. The predicted molar refractivity (Wildman–Crippen MR) is 102 cm³/mol. The number of amides is 1. The molecule has 1 N–H and O–H groups in total. The lowest BCUT2D eigenvalue weighted by Crippen LogP contribution is -2.31. The number of carbonyl (C=O) groups is 1. The lowest BCUT2D eigenvalue weighted by molar-refractivity contribution is -0.118. The van der Waals surface area contributed by atoms with E-state index in [1.807, 2.05) is 31.2 Å². The van der Waals surface area contributed by atoms with E-state index in [2.05, 4.69) is 15.1 Å². The van der Waals surface area contributed by atoms with Crippen LogP contribution in [-0.4, -0.2) is 32.6 Å². The summed E-state index contributed by atoms with van der Waals surface area (Å²) >= 11 is 0.